The topological polar surface area (TPSA) is 70.4 Å². The number of ether oxygens (including phenoxy) is 1. The average molecular weight is 358 g/mol. The predicted molar refractivity (Wildman–Crippen MR) is 96.6 cm³/mol. The molecule has 6 heteroatoms. The molecule has 2 aromatic carbocycles. The van der Waals surface area contributed by atoms with Crippen molar-refractivity contribution in [3.8, 4) is 11.8 Å². The summed E-state index contributed by atoms with van der Waals surface area (Å²) in [6.07, 6.45) is 0.00863. The van der Waals surface area contributed by atoms with E-state index in [0.29, 0.717) is 5.75 Å². The van der Waals surface area contributed by atoms with Crippen molar-refractivity contribution in [1.82, 2.24) is 4.31 Å². The van der Waals surface area contributed by atoms with Crippen LogP contribution < -0.4 is 4.74 Å². The molecule has 0 aromatic heterocycles. The summed E-state index contributed by atoms with van der Waals surface area (Å²) in [6, 6.07) is 15.9. The van der Waals surface area contributed by atoms with Gasteiger partial charge in [-0.1, -0.05) is 30.3 Å². The van der Waals surface area contributed by atoms with Gasteiger partial charge in [0.05, 0.1) is 17.1 Å². The van der Waals surface area contributed by atoms with Crippen LogP contribution >= 0.6 is 0 Å². The Bertz CT molecular complexity index is 856. The third kappa shape index (κ3) is 4.81. The van der Waals surface area contributed by atoms with Gasteiger partial charge in [-0.05, 0) is 50.1 Å². The van der Waals surface area contributed by atoms with Gasteiger partial charge in [0.2, 0.25) is 10.0 Å². The summed E-state index contributed by atoms with van der Waals surface area (Å²) in [4.78, 5) is 0.160. The van der Waals surface area contributed by atoms with Crippen molar-refractivity contribution < 1.29 is 13.2 Å². The molecule has 0 N–H and O–H groups in total. The Morgan fingerprint density at radius 1 is 1.16 bits per heavy atom. The molecule has 0 aliphatic heterocycles. The molecule has 0 atom stereocenters. The fourth-order valence-electron chi connectivity index (χ4n) is 2.41. The molecule has 25 heavy (non-hydrogen) atoms. The Hall–Kier alpha value is -2.36. The van der Waals surface area contributed by atoms with E-state index in [-0.39, 0.29) is 24.1 Å². The molecule has 0 saturated carbocycles. The van der Waals surface area contributed by atoms with Crippen LogP contribution in [0.5, 0.6) is 5.75 Å². The van der Waals surface area contributed by atoms with E-state index in [1.807, 2.05) is 57.2 Å². The number of nitriles is 1. The van der Waals surface area contributed by atoms with Gasteiger partial charge < -0.3 is 4.74 Å². The van der Waals surface area contributed by atoms with Crippen molar-refractivity contribution >= 4 is 10.0 Å². The highest BCUT2D eigenvalue weighted by Gasteiger charge is 2.25. The molecule has 0 fully saturated rings. The van der Waals surface area contributed by atoms with Gasteiger partial charge in [0.25, 0.3) is 0 Å². The molecule has 132 valence electrons. The number of nitrogens with zero attached hydrogens (tertiary/aromatic N) is 2. The first kappa shape index (κ1) is 19.0. The van der Waals surface area contributed by atoms with Crippen LogP contribution in [0.1, 0.15) is 25.0 Å². The maximum atomic E-state index is 12.9. The van der Waals surface area contributed by atoms with E-state index in [1.54, 1.807) is 12.1 Å². The van der Waals surface area contributed by atoms with E-state index in [1.165, 1.54) is 10.4 Å². The van der Waals surface area contributed by atoms with Gasteiger partial charge in [-0.2, -0.15) is 9.57 Å². The molecular weight excluding hydrogens is 336 g/mol. The van der Waals surface area contributed by atoms with E-state index in [2.05, 4.69) is 0 Å². The van der Waals surface area contributed by atoms with Crippen LogP contribution in [-0.2, 0) is 16.6 Å². The molecule has 0 bridgehead atoms. The molecular formula is C19H22N2O3S. The molecule has 0 saturated heterocycles. The fourth-order valence-corrected chi connectivity index (χ4v) is 3.82. The summed E-state index contributed by atoms with van der Waals surface area (Å²) in [7, 11) is -3.77. The summed E-state index contributed by atoms with van der Waals surface area (Å²) >= 11 is 0. The molecule has 2 aromatic rings. The Balaban J connectivity index is 2.33. The van der Waals surface area contributed by atoms with Crippen LogP contribution in [0.3, 0.4) is 0 Å². The lowest BCUT2D eigenvalue weighted by atomic mass is 10.2. The quantitative estimate of drug-likeness (QED) is 0.710. The minimum Gasteiger partial charge on any atom is -0.491 e. The van der Waals surface area contributed by atoms with Crippen molar-refractivity contribution in [3.05, 3.63) is 59.7 Å². The SMILES string of the molecule is Cc1cc(S(=O)(=O)N(CC#N)Cc2ccccc2)ccc1OC(C)C. The monoisotopic (exact) mass is 358 g/mol. The van der Waals surface area contributed by atoms with Crippen LogP contribution in [0.2, 0.25) is 0 Å². The molecule has 0 amide bonds. The van der Waals surface area contributed by atoms with E-state index in [4.69, 9.17) is 10.00 Å². The standard InChI is InChI=1S/C19H22N2O3S/c1-15(2)24-19-10-9-18(13-16(19)3)25(22,23)21(12-11-20)14-17-7-5-4-6-8-17/h4-10,13,15H,12,14H2,1-3H3. The lowest BCUT2D eigenvalue weighted by Crippen LogP contribution is -2.31. The second-order valence-corrected chi connectivity index (χ2v) is 7.95. The van der Waals surface area contributed by atoms with Gasteiger partial charge in [-0.15, -0.1) is 0 Å². The first-order chi connectivity index (χ1) is 11.8. The molecule has 0 aliphatic carbocycles. The smallest absolute Gasteiger partial charge is 0.244 e. The van der Waals surface area contributed by atoms with Gasteiger partial charge >= 0.3 is 0 Å². The fraction of sp³-hybridized carbons (Fsp3) is 0.316. The van der Waals surface area contributed by atoms with E-state index in [0.717, 1.165) is 11.1 Å². The van der Waals surface area contributed by atoms with Crippen LogP contribution in [0.4, 0.5) is 0 Å². The van der Waals surface area contributed by atoms with Crippen LogP contribution in [-0.4, -0.2) is 25.4 Å². The molecule has 0 unspecified atom stereocenters. The third-order valence-corrected chi connectivity index (χ3v) is 5.38. The lowest BCUT2D eigenvalue weighted by molar-refractivity contribution is 0.240. The number of benzene rings is 2. The number of sulfonamides is 1. The molecule has 2 rings (SSSR count). The maximum Gasteiger partial charge on any atom is 0.244 e. The normalized spacial score (nSPS) is 11.5. The summed E-state index contributed by atoms with van der Waals surface area (Å²) in [6.45, 7) is 5.58. The first-order valence-electron chi connectivity index (χ1n) is 8.03. The summed E-state index contributed by atoms with van der Waals surface area (Å²) in [5.41, 5.74) is 1.57. The summed E-state index contributed by atoms with van der Waals surface area (Å²) in [5, 5.41) is 9.05. The summed E-state index contributed by atoms with van der Waals surface area (Å²) < 4.78 is 32.7. The number of aryl methyl sites for hydroxylation is 1. The van der Waals surface area contributed by atoms with Crippen molar-refractivity contribution in [2.24, 2.45) is 0 Å². The van der Waals surface area contributed by atoms with Gasteiger partial charge in [0.15, 0.2) is 0 Å². The summed E-state index contributed by atoms with van der Waals surface area (Å²) in [5.74, 6) is 0.656. The molecule has 0 radical (unpaired) electrons. The van der Waals surface area contributed by atoms with Crippen molar-refractivity contribution in [1.29, 1.82) is 5.26 Å². The van der Waals surface area contributed by atoms with E-state index in [9.17, 15) is 8.42 Å². The average Bonchev–Trinajstić information content (AvgIpc) is 2.57. The van der Waals surface area contributed by atoms with Crippen molar-refractivity contribution in [2.75, 3.05) is 6.54 Å². The highest BCUT2D eigenvalue weighted by Crippen LogP contribution is 2.25. The van der Waals surface area contributed by atoms with Crippen LogP contribution in [0.15, 0.2) is 53.4 Å². The molecule has 0 heterocycles. The number of rotatable bonds is 7. The maximum absolute atomic E-state index is 12.9. The Morgan fingerprint density at radius 2 is 1.84 bits per heavy atom. The Labute approximate surface area is 149 Å². The zero-order valence-corrected chi connectivity index (χ0v) is 15.5. The number of hydrogen-bond donors (Lipinski definition) is 0. The van der Waals surface area contributed by atoms with E-state index >= 15 is 0 Å². The lowest BCUT2D eigenvalue weighted by Gasteiger charge is -2.20. The van der Waals surface area contributed by atoms with Gasteiger partial charge in [-0.25, -0.2) is 8.42 Å². The predicted octanol–water partition coefficient (Wildman–Crippen LogP) is 3.50. The second-order valence-electron chi connectivity index (χ2n) is 6.01. The second kappa shape index (κ2) is 8.15. The van der Waals surface area contributed by atoms with E-state index < -0.39 is 10.0 Å². The Morgan fingerprint density at radius 3 is 2.40 bits per heavy atom. The van der Waals surface area contributed by atoms with Crippen LogP contribution in [0, 0.1) is 18.3 Å². The zero-order valence-electron chi connectivity index (χ0n) is 14.6. The van der Waals surface area contributed by atoms with Crippen LogP contribution in [0.25, 0.3) is 0 Å². The minimum absolute atomic E-state index is 0.00863. The number of hydrogen-bond acceptors (Lipinski definition) is 4. The third-order valence-electron chi connectivity index (χ3n) is 3.60. The van der Waals surface area contributed by atoms with Gasteiger partial charge in [0.1, 0.15) is 12.3 Å². The molecule has 0 spiro atoms. The van der Waals surface area contributed by atoms with Crippen molar-refractivity contribution in [2.45, 2.75) is 38.3 Å². The molecule has 0 aliphatic rings. The highest BCUT2D eigenvalue weighted by atomic mass is 32.2. The van der Waals surface area contributed by atoms with Gasteiger partial charge in [-0.3, -0.25) is 0 Å². The Kier molecular flexibility index (Phi) is 6.18. The minimum atomic E-state index is -3.77. The largest absolute Gasteiger partial charge is 0.491 e. The highest BCUT2D eigenvalue weighted by molar-refractivity contribution is 7.89. The zero-order chi connectivity index (χ0) is 18.4. The van der Waals surface area contributed by atoms with Gasteiger partial charge in [0, 0.05) is 6.54 Å². The molecule has 5 nitrogen and oxygen atoms in total. The van der Waals surface area contributed by atoms with Crippen molar-refractivity contribution in [3.63, 3.8) is 0 Å². The first-order valence-corrected chi connectivity index (χ1v) is 9.47.